The second-order valence-electron chi connectivity index (χ2n) is 7.61. The maximum Gasteiger partial charge on any atom is 0.243 e. The van der Waals surface area contributed by atoms with Crippen molar-refractivity contribution in [1.29, 1.82) is 0 Å². The van der Waals surface area contributed by atoms with E-state index in [1.807, 2.05) is 30.3 Å². The summed E-state index contributed by atoms with van der Waals surface area (Å²) in [5.74, 6) is 0.113. The van der Waals surface area contributed by atoms with Gasteiger partial charge < -0.3 is 10.2 Å². The lowest BCUT2D eigenvalue weighted by Crippen LogP contribution is -2.50. The van der Waals surface area contributed by atoms with E-state index < -0.39 is 10.0 Å². The molecule has 2 amide bonds. The average molecular weight is 416 g/mol. The highest BCUT2D eigenvalue weighted by Gasteiger charge is 2.31. The van der Waals surface area contributed by atoms with Crippen LogP contribution in [-0.2, 0) is 19.6 Å². The number of carbonyl (C=O) groups excluding carboxylic acids is 2. The summed E-state index contributed by atoms with van der Waals surface area (Å²) in [5, 5.41) is 4.67. The number of piperazine rings is 1. The Balaban J connectivity index is 1.32. The maximum atomic E-state index is 13.0. The van der Waals surface area contributed by atoms with Crippen LogP contribution in [0.25, 0.3) is 10.8 Å². The van der Waals surface area contributed by atoms with Gasteiger partial charge in [-0.1, -0.05) is 30.3 Å². The van der Waals surface area contributed by atoms with Crippen molar-refractivity contribution in [2.75, 3.05) is 32.7 Å². The third-order valence-corrected chi connectivity index (χ3v) is 7.43. The highest BCUT2D eigenvalue weighted by atomic mass is 32.2. The topological polar surface area (TPSA) is 86.8 Å². The molecule has 8 heteroatoms. The number of nitrogens with zero attached hydrogens (tertiary/aromatic N) is 2. The third-order valence-electron chi connectivity index (χ3n) is 5.54. The van der Waals surface area contributed by atoms with Crippen molar-refractivity contribution in [1.82, 2.24) is 14.5 Å². The Morgan fingerprint density at radius 3 is 2.34 bits per heavy atom. The number of carbonyl (C=O) groups is 2. The SMILES string of the molecule is O=C(NCCC(=O)N1CCN(S(=O)(=O)c2ccc3ccccc3c2)CC1)C1CC1. The van der Waals surface area contributed by atoms with Crippen molar-refractivity contribution in [2.45, 2.75) is 24.2 Å². The molecule has 0 radical (unpaired) electrons. The second-order valence-corrected chi connectivity index (χ2v) is 9.55. The van der Waals surface area contributed by atoms with Gasteiger partial charge in [-0.2, -0.15) is 4.31 Å². The number of rotatable bonds is 6. The fourth-order valence-corrected chi connectivity index (χ4v) is 5.05. The number of fused-ring (bicyclic) bond motifs is 1. The monoisotopic (exact) mass is 415 g/mol. The molecule has 2 fully saturated rings. The lowest BCUT2D eigenvalue weighted by atomic mass is 10.1. The molecule has 7 nitrogen and oxygen atoms in total. The van der Waals surface area contributed by atoms with E-state index in [0.717, 1.165) is 23.6 Å². The van der Waals surface area contributed by atoms with Gasteiger partial charge in [-0.25, -0.2) is 8.42 Å². The van der Waals surface area contributed by atoms with Crippen molar-refractivity contribution in [3.05, 3.63) is 42.5 Å². The van der Waals surface area contributed by atoms with Crippen molar-refractivity contribution in [3.63, 3.8) is 0 Å². The highest BCUT2D eigenvalue weighted by Crippen LogP contribution is 2.28. The van der Waals surface area contributed by atoms with Crippen molar-refractivity contribution >= 4 is 32.6 Å². The minimum atomic E-state index is -3.60. The molecule has 0 aromatic heterocycles. The number of hydrogen-bond donors (Lipinski definition) is 1. The van der Waals surface area contributed by atoms with E-state index in [1.165, 1.54) is 4.31 Å². The zero-order valence-corrected chi connectivity index (χ0v) is 17.0. The van der Waals surface area contributed by atoms with Gasteiger partial charge in [-0.3, -0.25) is 9.59 Å². The Hall–Kier alpha value is -2.45. The molecule has 1 aliphatic heterocycles. The van der Waals surface area contributed by atoms with Crippen LogP contribution in [0.4, 0.5) is 0 Å². The van der Waals surface area contributed by atoms with Crippen LogP contribution < -0.4 is 5.32 Å². The summed E-state index contributed by atoms with van der Waals surface area (Å²) in [4.78, 5) is 25.9. The smallest absolute Gasteiger partial charge is 0.243 e. The van der Waals surface area contributed by atoms with Crippen LogP contribution in [0.3, 0.4) is 0 Å². The Morgan fingerprint density at radius 2 is 1.66 bits per heavy atom. The van der Waals surface area contributed by atoms with E-state index in [0.29, 0.717) is 19.6 Å². The molecule has 1 saturated carbocycles. The third kappa shape index (κ3) is 4.43. The Bertz CT molecular complexity index is 1030. The molecule has 0 bridgehead atoms. The maximum absolute atomic E-state index is 13.0. The molecular formula is C21H25N3O4S. The first-order valence-electron chi connectivity index (χ1n) is 9.99. The van der Waals surface area contributed by atoms with Crippen LogP contribution >= 0.6 is 0 Å². The minimum absolute atomic E-state index is 0.0316. The molecular weight excluding hydrogens is 390 g/mol. The summed E-state index contributed by atoms with van der Waals surface area (Å²) in [5.41, 5.74) is 0. The quantitative estimate of drug-likeness (QED) is 0.776. The molecule has 0 unspecified atom stereocenters. The minimum Gasteiger partial charge on any atom is -0.355 e. The van der Waals surface area contributed by atoms with Crippen LogP contribution in [0.5, 0.6) is 0 Å². The lowest BCUT2D eigenvalue weighted by molar-refractivity contribution is -0.132. The predicted molar refractivity (Wildman–Crippen MR) is 110 cm³/mol. The van der Waals surface area contributed by atoms with Crippen LogP contribution in [0.2, 0.25) is 0 Å². The molecule has 0 atom stereocenters. The second kappa shape index (κ2) is 8.12. The number of hydrogen-bond acceptors (Lipinski definition) is 4. The van der Waals surface area contributed by atoms with Crippen molar-refractivity contribution in [3.8, 4) is 0 Å². The molecule has 0 spiro atoms. The number of benzene rings is 2. The number of nitrogens with one attached hydrogen (secondary N) is 1. The molecule has 1 heterocycles. The fourth-order valence-electron chi connectivity index (χ4n) is 3.60. The summed E-state index contributed by atoms with van der Waals surface area (Å²) in [6.07, 6.45) is 2.12. The van der Waals surface area contributed by atoms with Gasteiger partial charge in [-0.15, -0.1) is 0 Å². The molecule has 1 aliphatic carbocycles. The largest absolute Gasteiger partial charge is 0.355 e. The summed E-state index contributed by atoms with van der Waals surface area (Å²) < 4.78 is 27.4. The summed E-state index contributed by atoms with van der Waals surface area (Å²) >= 11 is 0. The van der Waals surface area contributed by atoms with Crippen LogP contribution in [0.15, 0.2) is 47.4 Å². The first-order valence-corrected chi connectivity index (χ1v) is 11.4. The first kappa shape index (κ1) is 19.8. The molecule has 29 heavy (non-hydrogen) atoms. The van der Waals surface area contributed by atoms with Gasteiger partial charge in [0.25, 0.3) is 0 Å². The van der Waals surface area contributed by atoms with Gasteiger partial charge in [0.2, 0.25) is 21.8 Å². The van der Waals surface area contributed by atoms with Crippen molar-refractivity contribution in [2.24, 2.45) is 5.92 Å². The highest BCUT2D eigenvalue weighted by molar-refractivity contribution is 7.89. The molecule has 154 valence electrons. The molecule has 2 aromatic carbocycles. The Labute approximate surface area is 170 Å². The summed E-state index contributed by atoms with van der Waals surface area (Å²) in [6, 6.07) is 12.8. The first-order chi connectivity index (χ1) is 13.9. The van der Waals surface area contributed by atoms with E-state index in [9.17, 15) is 18.0 Å². The lowest BCUT2D eigenvalue weighted by Gasteiger charge is -2.34. The van der Waals surface area contributed by atoms with Crippen molar-refractivity contribution < 1.29 is 18.0 Å². The van der Waals surface area contributed by atoms with Gasteiger partial charge in [0.15, 0.2) is 0 Å². The van der Waals surface area contributed by atoms with Gasteiger partial charge >= 0.3 is 0 Å². The van der Waals surface area contributed by atoms with E-state index in [1.54, 1.807) is 17.0 Å². The van der Waals surface area contributed by atoms with E-state index >= 15 is 0 Å². The van der Waals surface area contributed by atoms with Crippen LogP contribution in [0, 0.1) is 5.92 Å². The number of sulfonamides is 1. The molecule has 1 N–H and O–H groups in total. The van der Waals surface area contributed by atoms with E-state index in [-0.39, 0.29) is 42.1 Å². The van der Waals surface area contributed by atoms with E-state index in [2.05, 4.69) is 5.32 Å². The predicted octanol–water partition coefficient (Wildman–Crippen LogP) is 1.59. The van der Waals surface area contributed by atoms with Gasteiger partial charge in [0.1, 0.15) is 0 Å². The van der Waals surface area contributed by atoms with Crippen LogP contribution in [-0.4, -0.2) is 62.2 Å². The zero-order chi connectivity index (χ0) is 20.4. The van der Waals surface area contributed by atoms with E-state index in [4.69, 9.17) is 0 Å². The summed E-state index contributed by atoms with van der Waals surface area (Å²) in [7, 11) is -3.60. The molecule has 2 aromatic rings. The van der Waals surface area contributed by atoms with Gasteiger partial charge in [0, 0.05) is 45.1 Å². The molecule has 2 aliphatic rings. The molecule has 4 rings (SSSR count). The van der Waals surface area contributed by atoms with Gasteiger partial charge in [-0.05, 0) is 35.7 Å². The standard InChI is InChI=1S/C21H25N3O4S/c25-20(9-10-22-21(26)17-5-6-17)23-11-13-24(14-12-23)29(27,28)19-8-7-16-3-1-2-4-18(16)15-19/h1-4,7-8,15,17H,5-6,9-14H2,(H,22,26). The zero-order valence-electron chi connectivity index (χ0n) is 16.2. The number of amides is 2. The molecule has 1 saturated heterocycles. The van der Waals surface area contributed by atoms with Gasteiger partial charge in [0.05, 0.1) is 4.90 Å². The average Bonchev–Trinajstić information content (AvgIpc) is 3.59. The Kier molecular flexibility index (Phi) is 5.56. The normalized spacial score (nSPS) is 18.0. The summed E-state index contributed by atoms with van der Waals surface area (Å²) in [6.45, 7) is 1.61. The Morgan fingerprint density at radius 1 is 0.966 bits per heavy atom. The fraction of sp³-hybridized carbons (Fsp3) is 0.429. The van der Waals surface area contributed by atoms with Crippen LogP contribution in [0.1, 0.15) is 19.3 Å².